The molecule has 2 rings (SSSR count). The highest BCUT2D eigenvalue weighted by Gasteiger charge is 2.09. The predicted octanol–water partition coefficient (Wildman–Crippen LogP) is 5.11. The first-order chi connectivity index (χ1) is 9.97. The zero-order valence-corrected chi connectivity index (χ0v) is 14.8. The monoisotopic (exact) mass is 362 g/mol. The maximum atomic E-state index is 5.43. The first-order valence-corrected chi connectivity index (χ1v) is 8.06. The molecule has 0 fully saturated rings. The third kappa shape index (κ3) is 4.29. The van der Waals surface area contributed by atoms with Gasteiger partial charge < -0.3 is 10.6 Å². The zero-order valence-electron chi connectivity index (χ0n) is 12.4. The lowest BCUT2D eigenvalue weighted by Gasteiger charge is -2.19. The number of thiocarbonyl (C=S) groups is 1. The fraction of sp³-hybridized carbons (Fsp3) is 0.235. The van der Waals surface area contributed by atoms with Crippen molar-refractivity contribution in [2.75, 3.05) is 5.32 Å². The van der Waals surface area contributed by atoms with Crippen LogP contribution in [0.1, 0.15) is 29.7 Å². The van der Waals surface area contributed by atoms with Crippen molar-refractivity contribution < 1.29 is 0 Å². The first-order valence-electron chi connectivity index (χ1n) is 6.86. The molecule has 21 heavy (non-hydrogen) atoms. The number of aryl methyl sites for hydroxylation is 2. The molecule has 0 aromatic heterocycles. The van der Waals surface area contributed by atoms with Gasteiger partial charge in [-0.25, -0.2) is 0 Å². The molecule has 0 saturated heterocycles. The Balaban J connectivity index is 2.06. The highest BCUT2D eigenvalue weighted by atomic mass is 79.9. The molecule has 0 bridgehead atoms. The van der Waals surface area contributed by atoms with Crippen molar-refractivity contribution in [3.05, 3.63) is 63.6 Å². The summed E-state index contributed by atoms with van der Waals surface area (Å²) in [6.45, 7) is 6.25. The third-order valence-electron chi connectivity index (χ3n) is 3.38. The molecule has 0 aliphatic carbocycles. The fourth-order valence-corrected chi connectivity index (χ4v) is 3.24. The Hall–Kier alpha value is -1.39. The molecule has 2 N–H and O–H groups in total. The molecule has 110 valence electrons. The molecule has 4 heteroatoms. The Labute approximate surface area is 140 Å². The van der Waals surface area contributed by atoms with Gasteiger partial charge in [0.15, 0.2) is 5.11 Å². The highest BCUT2D eigenvalue weighted by Crippen LogP contribution is 2.25. The molecule has 0 spiro atoms. The molecular formula is C17H19BrN2S. The fourth-order valence-electron chi connectivity index (χ4n) is 2.28. The smallest absolute Gasteiger partial charge is 0.171 e. The van der Waals surface area contributed by atoms with Crippen LogP contribution < -0.4 is 10.6 Å². The highest BCUT2D eigenvalue weighted by molar-refractivity contribution is 9.10. The van der Waals surface area contributed by atoms with E-state index in [1.165, 1.54) is 16.7 Å². The standard InChI is InChI=1S/C17H19BrN2S/c1-11-9-15(18)10-12(2)16(11)20-17(21)19-13(3)14-7-5-4-6-8-14/h4-10,13H,1-3H3,(H2,19,20,21)/t13-/m0/s1. The Bertz CT molecular complexity index is 617. The summed E-state index contributed by atoms with van der Waals surface area (Å²) in [5, 5.41) is 7.27. The van der Waals surface area contributed by atoms with Gasteiger partial charge >= 0.3 is 0 Å². The zero-order chi connectivity index (χ0) is 15.4. The minimum atomic E-state index is 0.169. The summed E-state index contributed by atoms with van der Waals surface area (Å²) in [6, 6.07) is 14.6. The van der Waals surface area contributed by atoms with Gasteiger partial charge in [-0.1, -0.05) is 46.3 Å². The largest absolute Gasteiger partial charge is 0.356 e. The maximum absolute atomic E-state index is 5.43. The van der Waals surface area contributed by atoms with Crippen LogP contribution in [-0.2, 0) is 0 Å². The Morgan fingerprint density at radius 1 is 1.10 bits per heavy atom. The van der Waals surface area contributed by atoms with E-state index in [1.54, 1.807) is 0 Å². The SMILES string of the molecule is Cc1cc(Br)cc(C)c1NC(=S)N[C@@H](C)c1ccccc1. The third-order valence-corrected chi connectivity index (χ3v) is 4.06. The molecule has 0 radical (unpaired) electrons. The molecule has 0 heterocycles. The van der Waals surface area contributed by atoms with Crippen LogP contribution in [0.15, 0.2) is 46.9 Å². The van der Waals surface area contributed by atoms with E-state index in [1.807, 2.05) is 18.2 Å². The minimum absolute atomic E-state index is 0.169. The summed E-state index contributed by atoms with van der Waals surface area (Å²) in [7, 11) is 0. The number of hydrogen-bond acceptors (Lipinski definition) is 1. The van der Waals surface area contributed by atoms with E-state index in [-0.39, 0.29) is 6.04 Å². The van der Waals surface area contributed by atoms with Crippen LogP contribution in [-0.4, -0.2) is 5.11 Å². The van der Waals surface area contributed by atoms with Gasteiger partial charge in [0, 0.05) is 10.2 Å². The molecule has 0 amide bonds. The van der Waals surface area contributed by atoms with Gasteiger partial charge in [0.2, 0.25) is 0 Å². The normalized spacial score (nSPS) is 11.8. The lowest BCUT2D eigenvalue weighted by molar-refractivity contribution is 0.722. The molecule has 2 nitrogen and oxygen atoms in total. The summed E-state index contributed by atoms with van der Waals surface area (Å²) < 4.78 is 1.08. The number of hydrogen-bond donors (Lipinski definition) is 2. The van der Waals surface area contributed by atoms with E-state index in [2.05, 4.69) is 71.6 Å². The molecule has 2 aromatic rings. The van der Waals surface area contributed by atoms with Gasteiger partial charge in [0.25, 0.3) is 0 Å². The van der Waals surface area contributed by atoms with Gasteiger partial charge in [-0.15, -0.1) is 0 Å². The number of benzene rings is 2. The summed E-state index contributed by atoms with van der Waals surface area (Å²) >= 11 is 8.94. The van der Waals surface area contributed by atoms with Gasteiger partial charge in [-0.3, -0.25) is 0 Å². The Morgan fingerprint density at radius 3 is 2.24 bits per heavy atom. The second-order valence-electron chi connectivity index (χ2n) is 5.15. The molecule has 2 aromatic carbocycles. The Morgan fingerprint density at radius 2 is 1.67 bits per heavy atom. The van der Waals surface area contributed by atoms with Crippen molar-refractivity contribution in [2.24, 2.45) is 0 Å². The maximum Gasteiger partial charge on any atom is 0.171 e. The molecule has 0 saturated carbocycles. The lowest BCUT2D eigenvalue weighted by atomic mass is 10.1. The summed E-state index contributed by atoms with van der Waals surface area (Å²) in [4.78, 5) is 0. The first kappa shape index (κ1) is 16.0. The van der Waals surface area contributed by atoms with Crippen LogP contribution >= 0.6 is 28.1 Å². The van der Waals surface area contributed by atoms with E-state index >= 15 is 0 Å². The molecular weight excluding hydrogens is 344 g/mol. The number of anilines is 1. The average Bonchev–Trinajstić information content (AvgIpc) is 2.43. The van der Waals surface area contributed by atoms with Crippen molar-refractivity contribution in [1.82, 2.24) is 5.32 Å². The van der Waals surface area contributed by atoms with Crippen molar-refractivity contribution in [1.29, 1.82) is 0 Å². The number of nitrogens with one attached hydrogen (secondary N) is 2. The molecule has 0 aliphatic heterocycles. The summed E-state index contributed by atoms with van der Waals surface area (Å²) in [6.07, 6.45) is 0. The van der Waals surface area contributed by atoms with Crippen LogP contribution in [0.25, 0.3) is 0 Å². The lowest BCUT2D eigenvalue weighted by Crippen LogP contribution is -2.31. The van der Waals surface area contributed by atoms with E-state index in [0.29, 0.717) is 5.11 Å². The van der Waals surface area contributed by atoms with Gasteiger partial charge in [0.1, 0.15) is 0 Å². The number of halogens is 1. The van der Waals surface area contributed by atoms with Crippen molar-refractivity contribution in [3.63, 3.8) is 0 Å². The van der Waals surface area contributed by atoms with Crippen molar-refractivity contribution >= 4 is 38.9 Å². The van der Waals surface area contributed by atoms with E-state index < -0.39 is 0 Å². The van der Waals surface area contributed by atoms with E-state index in [4.69, 9.17) is 12.2 Å². The van der Waals surface area contributed by atoms with Gasteiger partial charge in [-0.05, 0) is 61.8 Å². The van der Waals surface area contributed by atoms with Crippen molar-refractivity contribution in [2.45, 2.75) is 26.8 Å². The van der Waals surface area contributed by atoms with Crippen LogP contribution in [0.3, 0.4) is 0 Å². The topological polar surface area (TPSA) is 24.1 Å². The predicted molar refractivity (Wildman–Crippen MR) is 97.8 cm³/mol. The van der Waals surface area contributed by atoms with Crippen LogP contribution in [0, 0.1) is 13.8 Å². The average molecular weight is 363 g/mol. The molecule has 0 unspecified atom stereocenters. The Kier molecular flexibility index (Phi) is 5.37. The van der Waals surface area contributed by atoms with Crippen LogP contribution in [0.4, 0.5) is 5.69 Å². The van der Waals surface area contributed by atoms with Crippen molar-refractivity contribution in [3.8, 4) is 0 Å². The summed E-state index contributed by atoms with van der Waals surface area (Å²) in [5.41, 5.74) is 4.61. The summed E-state index contributed by atoms with van der Waals surface area (Å²) in [5.74, 6) is 0. The second-order valence-corrected chi connectivity index (χ2v) is 6.47. The second kappa shape index (κ2) is 7.05. The van der Waals surface area contributed by atoms with Crippen LogP contribution in [0.5, 0.6) is 0 Å². The van der Waals surface area contributed by atoms with Crippen LogP contribution in [0.2, 0.25) is 0 Å². The quantitative estimate of drug-likeness (QED) is 0.741. The minimum Gasteiger partial charge on any atom is -0.356 e. The van der Waals surface area contributed by atoms with E-state index in [9.17, 15) is 0 Å². The molecule has 1 atom stereocenters. The van der Waals surface area contributed by atoms with Gasteiger partial charge in [0.05, 0.1) is 6.04 Å². The van der Waals surface area contributed by atoms with Gasteiger partial charge in [-0.2, -0.15) is 0 Å². The van der Waals surface area contributed by atoms with E-state index in [0.717, 1.165) is 10.2 Å². The molecule has 0 aliphatic rings. The number of rotatable bonds is 3.